The van der Waals surface area contributed by atoms with E-state index in [1.165, 1.54) is 19.1 Å². The molecular formula is C15H10F3N3O2S. The zero-order valence-corrected chi connectivity index (χ0v) is 13.1. The molecule has 3 rings (SSSR count). The fraction of sp³-hybridized carbons (Fsp3) is 0.0667. The monoisotopic (exact) mass is 353 g/mol. The van der Waals surface area contributed by atoms with Gasteiger partial charge in [-0.25, -0.2) is 22.7 Å². The lowest BCUT2D eigenvalue weighted by molar-refractivity contribution is 0.572. The van der Waals surface area contributed by atoms with Crippen molar-refractivity contribution in [2.75, 3.05) is 0 Å². The lowest BCUT2D eigenvalue weighted by Gasteiger charge is -2.11. The van der Waals surface area contributed by atoms with Gasteiger partial charge >= 0.3 is 0 Å². The highest BCUT2D eigenvalue weighted by Gasteiger charge is 2.26. The van der Waals surface area contributed by atoms with E-state index in [4.69, 9.17) is 0 Å². The second-order valence-electron chi connectivity index (χ2n) is 4.93. The molecule has 0 unspecified atom stereocenters. The third kappa shape index (κ3) is 2.56. The summed E-state index contributed by atoms with van der Waals surface area (Å²) >= 11 is 0. The van der Waals surface area contributed by atoms with Gasteiger partial charge < -0.3 is 0 Å². The number of pyridine rings is 2. The van der Waals surface area contributed by atoms with Gasteiger partial charge in [0.25, 0.3) is 10.0 Å². The van der Waals surface area contributed by atoms with Crippen molar-refractivity contribution in [3.05, 3.63) is 66.0 Å². The number of hydrogen-bond donors (Lipinski definition) is 0. The van der Waals surface area contributed by atoms with Crippen molar-refractivity contribution < 1.29 is 21.6 Å². The normalized spacial score (nSPS) is 11.7. The molecule has 0 aromatic carbocycles. The van der Waals surface area contributed by atoms with Gasteiger partial charge in [0.05, 0.1) is 11.8 Å². The van der Waals surface area contributed by atoms with E-state index in [0.717, 1.165) is 30.7 Å². The Labute approximate surface area is 135 Å². The molecule has 3 aromatic rings. The molecule has 0 spiro atoms. The number of hydrogen-bond acceptors (Lipinski definition) is 4. The van der Waals surface area contributed by atoms with Crippen LogP contribution in [0.5, 0.6) is 0 Å². The Bertz CT molecular complexity index is 1030. The second-order valence-corrected chi connectivity index (χ2v) is 6.69. The predicted octanol–water partition coefficient (Wildman–Crippen LogP) is 2.91. The van der Waals surface area contributed by atoms with Crippen molar-refractivity contribution >= 4 is 10.0 Å². The first kappa shape index (κ1) is 16.2. The molecule has 0 fully saturated rings. The van der Waals surface area contributed by atoms with Gasteiger partial charge in [0.2, 0.25) is 5.95 Å². The van der Waals surface area contributed by atoms with E-state index in [0.29, 0.717) is 3.97 Å². The lowest BCUT2D eigenvalue weighted by atomic mass is 10.2. The van der Waals surface area contributed by atoms with Crippen LogP contribution >= 0.6 is 0 Å². The van der Waals surface area contributed by atoms with Crippen LogP contribution in [0.4, 0.5) is 13.2 Å². The van der Waals surface area contributed by atoms with Crippen LogP contribution in [0.3, 0.4) is 0 Å². The van der Waals surface area contributed by atoms with Gasteiger partial charge in [-0.15, -0.1) is 0 Å². The van der Waals surface area contributed by atoms with Crippen LogP contribution in [0.25, 0.3) is 11.3 Å². The van der Waals surface area contributed by atoms with E-state index >= 15 is 0 Å². The highest BCUT2D eigenvalue weighted by atomic mass is 32.2. The van der Waals surface area contributed by atoms with E-state index in [2.05, 4.69) is 9.97 Å². The Kier molecular flexibility index (Phi) is 3.88. The highest BCUT2D eigenvalue weighted by molar-refractivity contribution is 7.90. The van der Waals surface area contributed by atoms with Gasteiger partial charge in [0.1, 0.15) is 17.3 Å². The largest absolute Gasteiger partial charge is 0.285 e. The van der Waals surface area contributed by atoms with Gasteiger partial charge in [0.15, 0.2) is 5.03 Å². The number of aromatic nitrogens is 3. The molecule has 0 atom stereocenters. The van der Waals surface area contributed by atoms with Crippen LogP contribution in [-0.4, -0.2) is 22.4 Å². The molecule has 0 radical (unpaired) electrons. The summed E-state index contributed by atoms with van der Waals surface area (Å²) in [5, 5.41) is -0.484. The van der Waals surface area contributed by atoms with Gasteiger partial charge in [-0.2, -0.15) is 12.8 Å². The highest BCUT2D eigenvalue weighted by Crippen LogP contribution is 2.29. The average molecular weight is 353 g/mol. The maximum absolute atomic E-state index is 14.1. The summed E-state index contributed by atoms with van der Waals surface area (Å²) in [5.41, 5.74) is -0.767. The molecule has 0 amide bonds. The zero-order chi connectivity index (χ0) is 17.5. The van der Waals surface area contributed by atoms with Crippen molar-refractivity contribution in [1.82, 2.24) is 13.9 Å². The molecule has 0 aliphatic heterocycles. The minimum atomic E-state index is -4.35. The molecule has 5 nitrogen and oxygen atoms in total. The van der Waals surface area contributed by atoms with Gasteiger partial charge in [-0.3, -0.25) is 0 Å². The number of rotatable bonds is 3. The molecule has 0 saturated carbocycles. The van der Waals surface area contributed by atoms with Gasteiger partial charge in [0, 0.05) is 12.4 Å². The van der Waals surface area contributed by atoms with Crippen LogP contribution < -0.4 is 0 Å². The van der Waals surface area contributed by atoms with Crippen LogP contribution in [0.15, 0.2) is 47.9 Å². The Balaban J connectivity index is 2.24. The first-order valence-electron chi connectivity index (χ1n) is 6.68. The molecule has 0 bridgehead atoms. The van der Waals surface area contributed by atoms with Crippen molar-refractivity contribution in [2.45, 2.75) is 11.9 Å². The van der Waals surface area contributed by atoms with Crippen molar-refractivity contribution in [3.8, 4) is 11.3 Å². The first-order chi connectivity index (χ1) is 11.3. The summed E-state index contributed by atoms with van der Waals surface area (Å²) in [7, 11) is -4.35. The quantitative estimate of drug-likeness (QED) is 0.679. The molecule has 0 N–H and O–H groups in total. The minimum absolute atomic E-state index is 0.0605. The Morgan fingerprint density at radius 2 is 1.83 bits per heavy atom. The van der Waals surface area contributed by atoms with Crippen molar-refractivity contribution in [3.63, 3.8) is 0 Å². The van der Waals surface area contributed by atoms with Crippen LogP contribution in [0.2, 0.25) is 0 Å². The summed E-state index contributed by atoms with van der Waals surface area (Å²) in [5.74, 6) is -2.63. The molecular weight excluding hydrogens is 343 g/mol. The smallest absolute Gasteiger partial charge is 0.240 e. The molecule has 9 heteroatoms. The van der Waals surface area contributed by atoms with Crippen LogP contribution in [0, 0.1) is 24.5 Å². The maximum atomic E-state index is 14.1. The standard InChI is InChI=1S/C15H10F3N3O2S/c1-9-7-13(20-8-12(9)17)24(22,23)21-6-4-11(16)14(21)10-3-2-5-19-15(10)18/h2-8H,1H3. The molecule has 24 heavy (non-hydrogen) atoms. The Hall–Kier alpha value is -2.68. The molecule has 0 aliphatic carbocycles. The third-order valence-corrected chi connectivity index (χ3v) is 4.94. The lowest BCUT2D eigenvalue weighted by Crippen LogP contribution is -2.16. The molecule has 124 valence electrons. The van der Waals surface area contributed by atoms with E-state index in [9.17, 15) is 21.6 Å². The minimum Gasteiger partial charge on any atom is -0.240 e. The fourth-order valence-corrected chi connectivity index (χ4v) is 3.52. The Morgan fingerprint density at radius 1 is 1.08 bits per heavy atom. The van der Waals surface area contributed by atoms with Gasteiger partial charge in [-0.05, 0) is 36.8 Å². The molecule has 3 aromatic heterocycles. The number of halogens is 3. The summed E-state index contributed by atoms with van der Waals surface area (Å²) in [6, 6.07) is 4.46. The SMILES string of the molecule is Cc1cc(S(=O)(=O)n2ccc(F)c2-c2cccnc2F)ncc1F. The summed E-state index contributed by atoms with van der Waals surface area (Å²) in [4.78, 5) is 6.93. The van der Waals surface area contributed by atoms with Crippen LogP contribution in [0.1, 0.15) is 5.56 Å². The summed E-state index contributed by atoms with van der Waals surface area (Å²) in [6.07, 6.45) is 2.85. The van der Waals surface area contributed by atoms with Crippen molar-refractivity contribution in [2.24, 2.45) is 0 Å². The third-order valence-electron chi connectivity index (χ3n) is 3.36. The number of nitrogens with zero attached hydrogens (tertiary/aromatic N) is 3. The Morgan fingerprint density at radius 3 is 2.50 bits per heavy atom. The van der Waals surface area contributed by atoms with E-state index in [1.807, 2.05) is 0 Å². The summed E-state index contributed by atoms with van der Waals surface area (Å²) < 4.78 is 67.2. The van der Waals surface area contributed by atoms with E-state index in [-0.39, 0.29) is 11.1 Å². The van der Waals surface area contributed by atoms with Gasteiger partial charge in [-0.1, -0.05) is 0 Å². The first-order valence-corrected chi connectivity index (χ1v) is 8.12. The average Bonchev–Trinajstić information content (AvgIpc) is 2.93. The molecule has 3 heterocycles. The van der Waals surface area contributed by atoms with E-state index in [1.54, 1.807) is 0 Å². The number of aryl methyl sites for hydroxylation is 1. The maximum Gasteiger partial charge on any atom is 0.285 e. The zero-order valence-electron chi connectivity index (χ0n) is 12.2. The van der Waals surface area contributed by atoms with E-state index < -0.39 is 38.3 Å². The topological polar surface area (TPSA) is 64.8 Å². The second kappa shape index (κ2) is 5.75. The van der Waals surface area contributed by atoms with Crippen LogP contribution in [-0.2, 0) is 10.0 Å². The summed E-state index contributed by atoms with van der Waals surface area (Å²) in [6.45, 7) is 1.37. The fourth-order valence-electron chi connectivity index (χ4n) is 2.16. The molecule has 0 saturated heterocycles. The predicted molar refractivity (Wildman–Crippen MR) is 79.1 cm³/mol. The van der Waals surface area contributed by atoms with Crippen molar-refractivity contribution in [1.29, 1.82) is 0 Å². The molecule has 0 aliphatic rings.